The summed E-state index contributed by atoms with van der Waals surface area (Å²) < 4.78 is 36.4. The lowest BCUT2D eigenvalue weighted by Gasteiger charge is -2.16. The van der Waals surface area contributed by atoms with Gasteiger partial charge in [-0.25, -0.2) is 8.78 Å². The topological polar surface area (TPSA) is 44.5 Å². The lowest BCUT2D eigenvalue weighted by atomic mass is 10.1. The smallest absolute Gasteiger partial charge is 0.197 e. The number of hydrogen-bond donors (Lipinski definition) is 1. The summed E-state index contributed by atoms with van der Waals surface area (Å²) in [7, 11) is 2.59. The molecule has 0 radical (unpaired) electrons. The predicted molar refractivity (Wildman–Crippen MR) is 52.1 cm³/mol. The summed E-state index contributed by atoms with van der Waals surface area (Å²) >= 11 is 0. The first-order valence-electron chi connectivity index (χ1n) is 4.38. The number of rotatable bonds is 3. The van der Waals surface area contributed by atoms with E-state index in [0.29, 0.717) is 0 Å². The van der Waals surface area contributed by atoms with Crippen molar-refractivity contribution < 1.29 is 18.3 Å². The summed E-state index contributed by atoms with van der Waals surface area (Å²) in [6, 6.07) is 0.134. The Hall–Kier alpha value is -1.36. The maximum atomic E-state index is 13.4. The molecule has 1 rings (SSSR count). The van der Waals surface area contributed by atoms with E-state index in [1.54, 1.807) is 6.92 Å². The molecule has 0 spiro atoms. The van der Waals surface area contributed by atoms with Gasteiger partial charge in [-0.2, -0.15) is 0 Å². The van der Waals surface area contributed by atoms with Gasteiger partial charge in [-0.3, -0.25) is 0 Å². The highest BCUT2D eigenvalue weighted by Crippen LogP contribution is 2.38. The minimum Gasteiger partial charge on any atom is -0.492 e. The largest absolute Gasteiger partial charge is 0.492 e. The van der Waals surface area contributed by atoms with Crippen molar-refractivity contribution >= 4 is 0 Å². The zero-order valence-electron chi connectivity index (χ0n) is 8.80. The molecule has 1 unspecified atom stereocenters. The SMILES string of the molecule is COc1c(F)cc(F)c(C(C)N)c1OC. The molecule has 0 aliphatic carbocycles. The average molecular weight is 217 g/mol. The van der Waals surface area contributed by atoms with Crippen molar-refractivity contribution in [2.75, 3.05) is 14.2 Å². The second-order valence-corrected chi connectivity index (χ2v) is 3.11. The third-order valence-corrected chi connectivity index (χ3v) is 2.04. The molecule has 0 saturated carbocycles. The van der Waals surface area contributed by atoms with Crippen LogP contribution in [0.3, 0.4) is 0 Å². The first-order valence-corrected chi connectivity index (χ1v) is 4.38. The fourth-order valence-electron chi connectivity index (χ4n) is 1.41. The van der Waals surface area contributed by atoms with E-state index in [9.17, 15) is 8.78 Å². The molecule has 0 aliphatic heterocycles. The van der Waals surface area contributed by atoms with Gasteiger partial charge in [0.2, 0.25) is 0 Å². The van der Waals surface area contributed by atoms with E-state index in [-0.39, 0.29) is 17.1 Å². The Morgan fingerprint density at radius 2 is 1.67 bits per heavy atom. The van der Waals surface area contributed by atoms with Gasteiger partial charge in [0.1, 0.15) is 5.82 Å². The standard InChI is InChI=1S/C10H13F2NO2/c1-5(13)8-6(11)4-7(12)9(14-2)10(8)15-3/h4-5H,13H2,1-3H3. The van der Waals surface area contributed by atoms with Crippen LogP contribution in [0.1, 0.15) is 18.5 Å². The lowest BCUT2D eigenvalue weighted by molar-refractivity contribution is 0.328. The van der Waals surface area contributed by atoms with Gasteiger partial charge in [0.25, 0.3) is 0 Å². The Bertz CT molecular complexity index is 367. The fraction of sp³-hybridized carbons (Fsp3) is 0.400. The van der Waals surface area contributed by atoms with E-state index < -0.39 is 17.7 Å². The van der Waals surface area contributed by atoms with Crippen LogP contribution in [0.25, 0.3) is 0 Å². The number of methoxy groups -OCH3 is 2. The van der Waals surface area contributed by atoms with Crippen LogP contribution in [0.2, 0.25) is 0 Å². The van der Waals surface area contributed by atoms with E-state index in [0.717, 1.165) is 6.07 Å². The van der Waals surface area contributed by atoms with Crippen molar-refractivity contribution in [3.05, 3.63) is 23.3 Å². The average Bonchev–Trinajstić information content (AvgIpc) is 2.15. The van der Waals surface area contributed by atoms with E-state index in [1.807, 2.05) is 0 Å². The van der Waals surface area contributed by atoms with E-state index in [4.69, 9.17) is 15.2 Å². The number of ether oxygens (including phenoxy) is 2. The molecular weight excluding hydrogens is 204 g/mol. The van der Waals surface area contributed by atoms with Gasteiger partial charge < -0.3 is 15.2 Å². The van der Waals surface area contributed by atoms with Crippen molar-refractivity contribution in [2.24, 2.45) is 5.73 Å². The minimum atomic E-state index is -0.809. The highest BCUT2D eigenvalue weighted by molar-refractivity contribution is 5.49. The van der Waals surface area contributed by atoms with Gasteiger partial charge in [0.05, 0.1) is 19.8 Å². The van der Waals surface area contributed by atoms with Gasteiger partial charge in [-0.05, 0) is 6.92 Å². The molecule has 1 aromatic rings. The van der Waals surface area contributed by atoms with Gasteiger partial charge in [-0.1, -0.05) is 0 Å². The Kier molecular flexibility index (Phi) is 3.47. The molecule has 0 saturated heterocycles. The Morgan fingerprint density at radius 3 is 2.07 bits per heavy atom. The predicted octanol–water partition coefficient (Wildman–Crippen LogP) is 2.00. The summed E-state index contributed by atoms with van der Waals surface area (Å²) in [6.45, 7) is 1.58. The molecule has 1 aromatic carbocycles. The fourth-order valence-corrected chi connectivity index (χ4v) is 1.41. The van der Waals surface area contributed by atoms with Gasteiger partial charge in [0.15, 0.2) is 17.3 Å². The molecule has 0 amide bonds. The normalized spacial score (nSPS) is 12.4. The zero-order valence-corrected chi connectivity index (χ0v) is 8.80. The van der Waals surface area contributed by atoms with Crippen molar-refractivity contribution in [2.45, 2.75) is 13.0 Å². The summed E-state index contributed by atoms with van der Waals surface area (Å²) in [5.74, 6) is -1.67. The van der Waals surface area contributed by atoms with E-state index >= 15 is 0 Å². The van der Waals surface area contributed by atoms with Gasteiger partial charge >= 0.3 is 0 Å². The molecule has 5 heteroatoms. The number of benzene rings is 1. The quantitative estimate of drug-likeness (QED) is 0.842. The molecule has 2 N–H and O–H groups in total. The maximum absolute atomic E-state index is 13.4. The maximum Gasteiger partial charge on any atom is 0.197 e. The molecule has 15 heavy (non-hydrogen) atoms. The van der Waals surface area contributed by atoms with Crippen LogP contribution in [0, 0.1) is 11.6 Å². The van der Waals surface area contributed by atoms with Crippen LogP contribution < -0.4 is 15.2 Å². The molecule has 0 aliphatic rings. The lowest BCUT2D eigenvalue weighted by Crippen LogP contribution is -2.11. The number of hydrogen-bond acceptors (Lipinski definition) is 3. The third kappa shape index (κ3) is 2.02. The second-order valence-electron chi connectivity index (χ2n) is 3.11. The van der Waals surface area contributed by atoms with Crippen LogP contribution in [0.15, 0.2) is 6.07 Å². The summed E-state index contributed by atoms with van der Waals surface area (Å²) in [5.41, 5.74) is 5.67. The molecule has 0 bridgehead atoms. The summed E-state index contributed by atoms with van der Waals surface area (Å²) in [6.07, 6.45) is 0. The van der Waals surface area contributed by atoms with Crippen LogP contribution in [0.4, 0.5) is 8.78 Å². The number of nitrogens with two attached hydrogens (primary N) is 1. The monoisotopic (exact) mass is 217 g/mol. The number of halogens is 2. The van der Waals surface area contributed by atoms with Crippen molar-refractivity contribution in [1.29, 1.82) is 0 Å². The Balaban J connectivity index is 3.49. The molecule has 0 heterocycles. The zero-order chi connectivity index (χ0) is 11.6. The molecule has 0 aromatic heterocycles. The van der Waals surface area contributed by atoms with E-state index in [2.05, 4.69) is 0 Å². The molecule has 84 valence electrons. The Labute approximate surface area is 86.8 Å². The summed E-state index contributed by atoms with van der Waals surface area (Å²) in [4.78, 5) is 0. The molecule has 1 atom stereocenters. The van der Waals surface area contributed by atoms with Gasteiger partial charge in [-0.15, -0.1) is 0 Å². The first-order chi connectivity index (χ1) is 7.02. The van der Waals surface area contributed by atoms with Crippen molar-refractivity contribution in [3.8, 4) is 11.5 Å². The Morgan fingerprint density at radius 1 is 1.13 bits per heavy atom. The third-order valence-electron chi connectivity index (χ3n) is 2.04. The summed E-state index contributed by atoms with van der Waals surface area (Å²) in [5, 5.41) is 0. The van der Waals surface area contributed by atoms with Crippen molar-refractivity contribution in [1.82, 2.24) is 0 Å². The highest BCUT2D eigenvalue weighted by atomic mass is 19.1. The minimum absolute atomic E-state index is 0.00463. The molecule has 0 fully saturated rings. The van der Waals surface area contributed by atoms with Crippen LogP contribution in [-0.4, -0.2) is 14.2 Å². The first kappa shape index (κ1) is 11.7. The van der Waals surface area contributed by atoms with Crippen molar-refractivity contribution in [3.63, 3.8) is 0 Å². The van der Waals surface area contributed by atoms with Crippen LogP contribution >= 0.6 is 0 Å². The van der Waals surface area contributed by atoms with Gasteiger partial charge in [0, 0.05) is 12.1 Å². The molecule has 3 nitrogen and oxygen atoms in total. The molecular formula is C10H13F2NO2. The van der Waals surface area contributed by atoms with Crippen LogP contribution in [-0.2, 0) is 0 Å². The second kappa shape index (κ2) is 4.44. The highest BCUT2D eigenvalue weighted by Gasteiger charge is 2.22. The van der Waals surface area contributed by atoms with Crippen LogP contribution in [0.5, 0.6) is 11.5 Å². The van der Waals surface area contributed by atoms with E-state index in [1.165, 1.54) is 14.2 Å².